The van der Waals surface area contributed by atoms with Gasteiger partial charge in [-0.2, -0.15) is 4.99 Å². The number of nitrogens with zero attached hydrogens (tertiary/aromatic N) is 3. The van der Waals surface area contributed by atoms with Gasteiger partial charge in [0.2, 0.25) is 5.96 Å². The Hall–Kier alpha value is -6.92. The van der Waals surface area contributed by atoms with Crippen molar-refractivity contribution in [2.24, 2.45) is 9.98 Å². The van der Waals surface area contributed by atoms with Gasteiger partial charge in [0.25, 0.3) is 0 Å². The molecule has 0 aliphatic carbocycles. The number of aromatic nitrogens is 1. The summed E-state index contributed by atoms with van der Waals surface area (Å²) in [6.45, 7) is 0. The van der Waals surface area contributed by atoms with Crippen molar-refractivity contribution in [1.29, 1.82) is 0 Å². The fourth-order valence-electron chi connectivity index (χ4n) is 7.64. The summed E-state index contributed by atoms with van der Waals surface area (Å²) in [5, 5.41) is 10.4. The molecule has 1 unspecified atom stereocenters. The standard InChI is InChI=1S/C45H28N4O2/c1-2-10-27(11-3-1)43-46-44(30-18-21-34-32-13-5-8-16-39(32)51-42(34)26-30)48-45(47-43)49-37-15-7-4-12-31(37)35-24-28(19-22-38(35)49)29-20-23-41-36(25-29)33-14-6-9-17-40(33)50-41/h1-26,43H,(H,46,47,48). The van der Waals surface area contributed by atoms with Crippen molar-refractivity contribution >= 4 is 77.5 Å². The largest absolute Gasteiger partial charge is 0.456 e. The Morgan fingerprint density at radius 2 is 1.04 bits per heavy atom. The fourth-order valence-corrected chi connectivity index (χ4v) is 7.64. The lowest BCUT2D eigenvalue weighted by Crippen LogP contribution is -2.37. The van der Waals surface area contributed by atoms with Crippen molar-refractivity contribution in [1.82, 2.24) is 9.88 Å². The molecular weight excluding hydrogens is 629 g/mol. The Bertz CT molecular complexity index is 3070. The summed E-state index contributed by atoms with van der Waals surface area (Å²) in [6.07, 6.45) is -0.341. The Labute approximate surface area is 291 Å². The van der Waals surface area contributed by atoms with E-state index in [1.165, 1.54) is 0 Å². The molecule has 0 fully saturated rings. The van der Waals surface area contributed by atoms with Crippen LogP contribution < -0.4 is 5.32 Å². The van der Waals surface area contributed by atoms with Crippen molar-refractivity contribution in [3.8, 4) is 11.1 Å². The predicted octanol–water partition coefficient (Wildman–Crippen LogP) is 11.2. The van der Waals surface area contributed by atoms with E-state index in [1.54, 1.807) is 0 Å². The van der Waals surface area contributed by atoms with Crippen molar-refractivity contribution in [3.63, 3.8) is 0 Å². The van der Waals surface area contributed by atoms with Crippen LogP contribution in [0.15, 0.2) is 177 Å². The second-order valence-electron chi connectivity index (χ2n) is 13.0. The molecule has 0 amide bonds. The van der Waals surface area contributed by atoms with Crippen molar-refractivity contribution in [2.75, 3.05) is 0 Å². The quantitative estimate of drug-likeness (QED) is 0.206. The number of hydrogen-bond acceptors (Lipinski definition) is 5. The smallest absolute Gasteiger partial charge is 0.211 e. The molecule has 6 nitrogen and oxygen atoms in total. The van der Waals surface area contributed by atoms with E-state index < -0.39 is 0 Å². The van der Waals surface area contributed by atoms with E-state index in [1.807, 2.05) is 48.5 Å². The molecule has 0 bridgehead atoms. The Kier molecular flexibility index (Phi) is 5.92. The topological polar surface area (TPSA) is 68.0 Å². The van der Waals surface area contributed by atoms with Crippen molar-refractivity contribution in [2.45, 2.75) is 6.17 Å². The molecule has 1 aliphatic rings. The van der Waals surface area contributed by atoms with E-state index in [4.69, 9.17) is 18.8 Å². The Morgan fingerprint density at radius 1 is 0.451 bits per heavy atom. The van der Waals surface area contributed by atoms with Crippen molar-refractivity contribution in [3.05, 3.63) is 169 Å². The van der Waals surface area contributed by atoms with Crippen LogP contribution in [0.4, 0.5) is 0 Å². The molecule has 6 heteroatoms. The van der Waals surface area contributed by atoms with Gasteiger partial charge in [-0.05, 0) is 71.3 Å². The van der Waals surface area contributed by atoms with Gasteiger partial charge in [-0.15, -0.1) is 0 Å². The zero-order valence-corrected chi connectivity index (χ0v) is 27.2. The minimum Gasteiger partial charge on any atom is -0.456 e. The summed E-state index contributed by atoms with van der Waals surface area (Å²) in [6, 6.07) is 54.6. The van der Waals surface area contributed by atoms with Gasteiger partial charge in [0, 0.05) is 37.9 Å². The number of furan rings is 2. The first-order chi connectivity index (χ1) is 25.2. The molecule has 1 N–H and O–H groups in total. The number of para-hydroxylation sites is 3. The lowest BCUT2D eigenvalue weighted by atomic mass is 10.0. The maximum absolute atomic E-state index is 6.27. The average molecular weight is 657 g/mol. The van der Waals surface area contributed by atoms with Crippen LogP contribution in [-0.4, -0.2) is 16.4 Å². The first-order valence-electron chi connectivity index (χ1n) is 17.1. The number of aliphatic imine (C=N–C) groups is 2. The van der Waals surface area contributed by atoms with Crippen LogP contribution in [0.3, 0.4) is 0 Å². The highest BCUT2D eigenvalue weighted by molar-refractivity contribution is 6.18. The first-order valence-corrected chi connectivity index (χ1v) is 17.1. The van der Waals surface area contributed by atoms with Gasteiger partial charge < -0.3 is 14.2 Å². The van der Waals surface area contributed by atoms with Crippen LogP contribution >= 0.6 is 0 Å². The van der Waals surface area contributed by atoms with E-state index >= 15 is 0 Å². The zero-order chi connectivity index (χ0) is 33.5. The normalized spacial score (nSPS) is 14.9. The minimum absolute atomic E-state index is 0.341. The Morgan fingerprint density at radius 3 is 1.86 bits per heavy atom. The molecule has 11 rings (SSSR count). The van der Waals surface area contributed by atoms with E-state index in [0.717, 1.165) is 87.9 Å². The maximum Gasteiger partial charge on any atom is 0.211 e. The number of nitrogens with one attached hydrogen (secondary N) is 1. The molecular formula is C45H28N4O2. The monoisotopic (exact) mass is 656 g/mol. The molecule has 240 valence electrons. The van der Waals surface area contributed by atoms with Crippen molar-refractivity contribution < 1.29 is 8.83 Å². The van der Waals surface area contributed by atoms with Gasteiger partial charge in [0.15, 0.2) is 5.84 Å². The summed E-state index contributed by atoms with van der Waals surface area (Å²) in [7, 11) is 0. The highest BCUT2D eigenvalue weighted by Crippen LogP contribution is 2.37. The van der Waals surface area contributed by atoms with Gasteiger partial charge in [-0.3, -0.25) is 4.57 Å². The third-order valence-corrected chi connectivity index (χ3v) is 10.1. The number of amidine groups is 1. The summed E-state index contributed by atoms with van der Waals surface area (Å²) in [4.78, 5) is 10.4. The van der Waals surface area contributed by atoms with Crippen LogP contribution in [0.25, 0.3) is 76.8 Å². The van der Waals surface area contributed by atoms with E-state index in [0.29, 0.717) is 11.8 Å². The van der Waals surface area contributed by atoms with E-state index in [-0.39, 0.29) is 6.17 Å². The number of hydrogen-bond donors (Lipinski definition) is 1. The van der Waals surface area contributed by atoms with E-state index in [9.17, 15) is 0 Å². The SMILES string of the molecule is c1ccc(C2N=C(c3ccc4c(c3)oc3ccccc34)N=C(n3c4ccccc4c4cc(-c5ccc6oc7ccccc7c6c5)ccc43)N2)cc1. The molecule has 10 aromatic rings. The molecule has 1 aliphatic heterocycles. The lowest BCUT2D eigenvalue weighted by Gasteiger charge is -2.24. The van der Waals surface area contributed by atoms with Crippen LogP contribution in [0, 0.1) is 0 Å². The van der Waals surface area contributed by atoms with Gasteiger partial charge >= 0.3 is 0 Å². The highest BCUT2D eigenvalue weighted by atomic mass is 16.3. The second-order valence-corrected chi connectivity index (χ2v) is 13.0. The van der Waals surface area contributed by atoms with Crippen LogP contribution in [0.5, 0.6) is 0 Å². The maximum atomic E-state index is 6.27. The summed E-state index contributed by atoms with van der Waals surface area (Å²) in [5.74, 6) is 1.35. The molecule has 7 aromatic carbocycles. The third kappa shape index (κ3) is 4.36. The lowest BCUT2D eigenvalue weighted by molar-refractivity contribution is 0.660. The van der Waals surface area contributed by atoms with Gasteiger partial charge in [0.1, 0.15) is 28.5 Å². The van der Waals surface area contributed by atoms with Gasteiger partial charge in [-0.1, -0.05) is 103 Å². The van der Waals surface area contributed by atoms with Crippen LogP contribution in [0.1, 0.15) is 17.3 Å². The average Bonchev–Trinajstić information content (AvgIpc) is 3.86. The summed E-state index contributed by atoms with van der Waals surface area (Å²) < 4.78 is 14.6. The minimum atomic E-state index is -0.341. The predicted molar refractivity (Wildman–Crippen MR) is 208 cm³/mol. The second kappa shape index (κ2) is 10.8. The molecule has 3 aromatic heterocycles. The van der Waals surface area contributed by atoms with Gasteiger partial charge in [0.05, 0.1) is 11.0 Å². The summed E-state index contributed by atoms with van der Waals surface area (Å²) >= 11 is 0. The molecule has 1 atom stereocenters. The highest BCUT2D eigenvalue weighted by Gasteiger charge is 2.25. The molecule has 51 heavy (non-hydrogen) atoms. The number of fused-ring (bicyclic) bond motifs is 9. The molecule has 0 radical (unpaired) electrons. The Balaban J connectivity index is 1.08. The zero-order valence-electron chi connectivity index (χ0n) is 27.2. The summed E-state index contributed by atoms with van der Waals surface area (Å²) in [5.41, 5.74) is 9.82. The molecule has 0 saturated heterocycles. The van der Waals surface area contributed by atoms with Crippen LogP contribution in [-0.2, 0) is 0 Å². The molecule has 0 spiro atoms. The van der Waals surface area contributed by atoms with Crippen LogP contribution in [0.2, 0.25) is 0 Å². The number of benzene rings is 7. The first kappa shape index (κ1) is 28.0. The number of rotatable bonds is 3. The van der Waals surface area contributed by atoms with E-state index in [2.05, 4.69) is 119 Å². The fraction of sp³-hybridized carbons (Fsp3) is 0.0222. The molecule has 4 heterocycles. The molecule has 0 saturated carbocycles. The van der Waals surface area contributed by atoms with Gasteiger partial charge in [-0.25, -0.2) is 4.99 Å². The third-order valence-electron chi connectivity index (χ3n) is 10.1.